The van der Waals surface area contributed by atoms with Gasteiger partial charge in [-0.2, -0.15) is 0 Å². The SMILES string of the molecule is COc1nc(C(F)F)c(CN)cc1O. The fourth-order valence-corrected chi connectivity index (χ4v) is 1.04. The van der Waals surface area contributed by atoms with Crippen molar-refractivity contribution < 1.29 is 18.6 Å². The first-order valence-electron chi connectivity index (χ1n) is 3.85. The highest BCUT2D eigenvalue weighted by Gasteiger charge is 2.17. The summed E-state index contributed by atoms with van der Waals surface area (Å²) in [4.78, 5) is 3.46. The zero-order chi connectivity index (χ0) is 10.7. The zero-order valence-corrected chi connectivity index (χ0v) is 7.50. The van der Waals surface area contributed by atoms with Crippen LogP contribution >= 0.6 is 0 Å². The van der Waals surface area contributed by atoms with E-state index in [0.717, 1.165) is 6.07 Å². The van der Waals surface area contributed by atoms with Crippen LogP contribution in [0.25, 0.3) is 0 Å². The molecule has 0 aliphatic carbocycles. The lowest BCUT2D eigenvalue weighted by molar-refractivity contribution is 0.143. The van der Waals surface area contributed by atoms with Crippen molar-refractivity contribution in [1.82, 2.24) is 4.98 Å². The molecule has 0 aromatic carbocycles. The van der Waals surface area contributed by atoms with Crippen LogP contribution in [-0.4, -0.2) is 17.2 Å². The smallest absolute Gasteiger partial charge is 0.280 e. The standard InChI is InChI=1S/C8H10F2N2O2/c1-14-8-5(13)2-4(3-11)6(12-8)7(9)10/h2,7,13H,3,11H2,1H3. The number of alkyl halides is 2. The number of methoxy groups -OCH3 is 1. The molecule has 3 N–H and O–H groups in total. The van der Waals surface area contributed by atoms with Crippen LogP contribution in [0.1, 0.15) is 17.7 Å². The average Bonchev–Trinajstić information content (AvgIpc) is 2.16. The number of nitrogens with two attached hydrogens (primary N) is 1. The third kappa shape index (κ3) is 1.90. The predicted octanol–water partition coefficient (Wildman–Crippen LogP) is 1.19. The van der Waals surface area contributed by atoms with Crippen molar-refractivity contribution in [2.45, 2.75) is 13.0 Å². The molecular formula is C8H10F2N2O2. The molecule has 0 bridgehead atoms. The number of nitrogens with zero attached hydrogens (tertiary/aromatic N) is 1. The van der Waals surface area contributed by atoms with E-state index in [4.69, 9.17) is 5.73 Å². The van der Waals surface area contributed by atoms with Crippen molar-refractivity contribution in [2.24, 2.45) is 5.73 Å². The lowest BCUT2D eigenvalue weighted by atomic mass is 10.2. The summed E-state index contributed by atoms with van der Waals surface area (Å²) >= 11 is 0. The highest BCUT2D eigenvalue weighted by Crippen LogP contribution is 2.30. The number of aromatic nitrogens is 1. The molecule has 0 aliphatic rings. The molecule has 0 spiro atoms. The Hall–Kier alpha value is -1.43. The summed E-state index contributed by atoms with van der Waals surface area (Å²) in [5.41, 5.74) is 4.88. The molecule has 0 amide bonds. The number of ether oxygens (including phenoxy) is 1. The third-order valence-corrected chi connectivity index (χ3v) is 1.70. The normalized spacial score (nSPS) is 10.6. The molecule has 0 radical (unpaired) electrons. The second-order valence-corrected chi connectivity index (χ2v) is 2.57. The van der Waals surface area contributed by atoms with Crippen molar-refractivity contribution in [3.05, 3.63) is 17.3 Å². The second-order valence-electron chi connectivity index (χ2n) is 2.57. The Labute approximate surface area is 79.3 Å². The maximum absolute atomic E-state index is 12.4. The van der Waals surface area contributed by atoms with Crippen LogP contribution in [0.3, 0.4) is 0 Å². The van der Waals surface area contributed by atoms with E-state index in [1.165, 1.54) is 7.11 Å². The van der Waals surface area contributed by atoms with Crippen molar-refractivity contribution >= 4 is 0 Å². The van der Waals surface area contributed by atoms with Gasteiger partial charge in [0.15, 0.2) is 5.75 Å². The molecule has 0 saturated heterocycles. The van der Waals surface area contributed by atoms with Crippen LogP contribution in [0.5, 0.6) is 11.6 Å². The lowest BCUT2D eigenvalue weighted by Crippen LogP contribution is -2.05. The number of hydrogen-bond acceptors (Lipinski definition) is 4. The summed E-state index contributed by atoms with van der Waals surface area (Å²) in [6.07, 6.45) is -2.73. The number of hydrogen-bond donors (Lipinski definition) is 2. The Kier molecular flexibility index (Phi) is 3.19. The van der Waals surface area contributed by atoms with Gasteiger partial charge in [-0.15, -0.1) is 0 Å². The Morgan fingerprint density at radius 3 is 2.71 bits per heavy atom. The van der Waals surface area contributed by atoms with Gasteiger partial charge in [-0.1, -0.05) is 0 Å². The minimum atomic E-state index is -2.73. The number of halogens is 2. The van der Waals surface area contributed by atoms with E-state index < -0.39 is 12.1 Å². The maximum atomic E-state index is 12.4. The predicted molar refractivity (Wildman–Crippen MR) is 45.3 cm³/mol. The molecule has 78 valence electrons. The zero-order valence-electron chi connectivity index (χ0n) is 7.50. The number of pyridine rings is 1. The molecule has 0 atom stereocenters. The van der Waals surface area contributed by atoms with Gasteiger partial charge in [-0.05, 0) is 11.6 Å². The minimum absolute atomic E-state index is 0.107. The monoisotopic (exact) mass is 204 g/mol. The fourth-order valence-electron chi connectivity index (χ4n) is 1.04. The van der Waals surface area contributed by atoms with Crippen LogP contribution in [0.4, 0.5) is 8.78 Å². The summed E-state index contributed by atoms with van der Waals surface area (Å²) in [6, 6.07) is 1.13. The van der Waals surface area contributed by atoms with Gasteiger partial charge < -0.3 is 15.6 Å². The first-order chi connectivity index (χ1) is 6.60. The van der Waals surface area contributed by atoms with Gasteiger partial charge in [-0.25, -0.2) is 13.8 Å². The molecule has 1 rings (SSSR count). The molecule has 0 fully saturated rings. The summed E-state index contributed by atoms with van der Waals surface area (Å²) < 4.78 is 29.4. The van der Waals surface area contributed by atoms with E-state index in [1.807, 2.05) is 0 Å². The molecule has 1 aromatic heterocycles. The molecule has 4 nitrogen and oxygen atoms in total. The number of aromatic hydroxyl groups is 1. The summed E-state index contributed by atoms with van der Waals surface area (Å²) in [7, 11) is 1.24. The largest absolute Gasteiger partial charge is 0.503 e. The van der Waals surface area contributed by atoms with E-state index in [9.17, 15) is 13.9 Å². The highest BCUT2D eigenvalue weighted by molar-refractivity contribution is 5.39. The molecule has 0 saturated carbocycles. The Bertz CT molecular complexity index is 331. The van der Waals surface area contributed by atoms with Crippen LogP contribution in [0, 0.1) is 0 Å². The van der Waals surface area contributed by atoms with Crippen molar-refractivity contribution in [3.8, 4) is 11.6 Å². The van der Waals surface area contributed by atoms with E-state index in [2.05, 4.69) is 9.72 Å². The minimum Gasteiger partial charge on any atom is -0.503 e. The Morgan fingerprint density at radius 1 is 1.64 bits per heavy atom. The molecule has 1 heterocycles. The first kappa shape index (κ1) is 10.6. The van der Waals surface area contributed by atoms with Crippen molar-refractivity contribution in [3.63, 3.8) is 0 Å². The highest BCUT2D eigenvalue weighted by atomic mass is 19.3. The maximum Gasteiger partial charge on any atom is 0.280 e. The lowest BCUT2D eigenvalue weighted by Gasteiger charge is -2.09. The van der Waals surface area contributed by atoms with Crippen LogP contribution < -0.4 is 10.5 Å². The van der Waals surface area contributed by atoms with Crippen LogP contribution in [-0.2, 0) is 6.54 Å². The quantitative estimate of drug-likeness (QED) is 0.776. The molecule has 6 heteroatoms. The van der Waals surface area contributed by atoms with Gasteiger partial charge in [0.1, 0.15) is 5.69 Å². The van der Waals surface area contributed by atoms with Crippen LogP contribution in [0.2, 0.25) is 0 Å². The molecular weight excluding hydrogens is 194 g/mol. The molecule has 0 unspecified atom stereocenters. The number of rotatable bonds is 3. The van der Waals surface area contributed by atoms with Gasteiger partial charge in [-0.3, -0.25) is 0 Å². The topological polar surface area (TPSA) is 68.4 Å². The van der Waals surface area contributed by atoms with Gasteiger partial charge in [0, 0.05) is 6.54 Å². The van der Waals surface area contributed by atoms with Gasteiger partial charge in [0.25, 0.3) is 12.3 Å². The van der Waals surface area contributed by atoms with E-state index >= 15 is 0 Å². The van der Waals surface area contributed by atoms with Crippen molar-refractivity contribution in [2.75, 3.05) is 7.11 Å². The first-order valence-corrected chi connectivity index (χ1v) is 3.85. The van der Waals surface area contributed by atoms with Crippen LogP contribution in [0.15, 0.2) is 6.07 Å². The van der Waals surface area contributed by atoms with Gasteiger partial charge in [0.2, 0.25) is 0 Å². The average molecular weight is 204 g/mol. The Morgan fingerprint density at radius 2 is 2.29 bits per heavy atom. The van der Waals surface area contributed by atoms with Gasteiger partial charge >= 0.3 is 0 Å². The summed E-state index contributed by atoms with van der Waals surface area (Å²) in [6.45, 7) is -0.107. The third-order valence-electron chi connectivity index (χ3n) is 1.70. The fraction of sp³-hybridized carbons (Fsp3) is 0.375. The molecule has 0 aliphatic heterocycles. The second kappa shape index (κ2) is 4.19. The van der Waals surface area contributed by atoms with Crippen molar-refractivity contribution in [1.29, 1.82) is 0 Å². The summed E-state index contributed by atoms with van der Waals surface area (Å²) in [5.74, 6) is -0.519. The van der Waals surface area contributed by atoms with Gasteiger partial charge in [0.05, 0.1) is 7.11 Å². The Balaban J connectivity index is 3.25. The molecule has 1 aromatic rings. The van der Waals surface area contributed by atoms with E-state index in [0.29, 0.717) is 0 Å². The molecule has 14 heavy (non-hydrogen) atoms. The van der Waals surface area contributed by atoms with E-state index in [-0.39, 0.29) is 23.7 Å². The summed E-state index contributed by atoms with van der Waals surface area (Å²) in [5, 5.41) is 9.24. The van der Waals surface area contributed by atoms with E-state index in [1.54, 1.807) is 0 Å².